The van der Waals surface area contributed by atoms with Gasteiger partial charge in [-0.05, 0) is 101 Å². The molecule has 0 saturated heterocycles. The molecule has 0 aliphatic heterocycles. The molecule has 0 atom stereocenters. The van der Waals surface area contributed by atoms with Crippen molar-refractivity contribution in [3.8, 4) is 22.3 Å². The van der Waals surface area contributed by atoms with Crippen molar-refractivity contribution in [1.29, 1.82) is 0 Å². The molecule has 252 valence electrons. The van der Waals surface area contributed by atoms with Gasteiger partial charge >= 0.3 is 0 Å². The summed E-state index contributed by atoms with van der Waals surface area (Å²) in [6.45, 7) is 0. The number of nitrogens with zero attached hydrogens (tertiary/aromatic N) is 2. The molecule has 4 nitrogen and oxygen atoms in total. The van der Waals surface area contributed by atoms with Crippen molar-refractivity contribution in [1.82, 2.24) is 4.40 Å². The summed E-state index contributed by atoms with van der Waals surface area (Å²) in [5.74, 6) is 0. The van der Waals surface area contributed by atoms with E-state index in [4.69, 9.17) is 0 Å². The molecule has 8 aromatic carbocycles. The van der Waals surface area contributed by atoms with E-state index in [-0.39, 0.29) is 9.79 Å². The van der Waals surface area contributed by atoms with Crippen LogP contribution >= 0.6 is 0 Å². The van der Waals surface area contributed by atoms with Crippen LogP contribution in [-0.4, -0.2) is 12.8 Å². The van der Waals surface area contributed by atoms with Crippen molar-refractivity contribution in [3.05, 3.63) is 194 Å². The number of anilines is 3. The van der Waals surface area contributed by atoms with Crippen LogP contribution in [0.1, 0.15) is 0 Å². The largest absolute Gasteiger partial charge is 0.311 e. The lowest BCUT2D eigenvalue weighted by Gasteiger charge is -2.25. The summed E-state index contributed by atoms with van der Waals surface area (Å²) in [6.07, 6.45) is 0. The molecule has 2 aromatic heterocycles. The molecular formula is C48H32N2O2S. The van der Waals surface area contributed by atoms with Gasteiger partial charge in [-0.3, -0.25) is 0 Å². The molecule has 0 amide bonds. The second kappa shape index (κ2) is 12.2. The Labute approximate surface area is 307 Å². The SMILES string of the molecule is O=S(=O)(c1ccc(-c2ccc(N(c3ccccc3)c3ccccc3)cc2)cc1)c1ccc(-c2ccc3c(c2)c2cccc4c5ccccc5n3c42)cc1. The maximum atomic E-state index is 13.8. The highest BCUT2D eigenvalue weighted by atomic mass is 32.2. The molecule has 0 spiro atoms. The number of hydrogen-bond acceptors (Lipinski definition) is 3. The standard InChI is InChI=1S/C48H32N2O2S/c51-53(52,40-27-20-34(21-28-40)33-18-25-39(26-19-33)49(37-10-3-1-4-11-37)38-12-5-2-6-13-38)41-29-22-35(23-30-41)36-24-31-47-45(32-36)44-16-9-15-43-42-14-7-8-17-46(42)50(47)48(43)44/h1-32H. The summed E-state index contributed by atoms with van der Waals surface area (Å²) in [7, 11) is -3.71. The third kappa shape index (κ3) is 5.08. The second-order valence-electron chi connectivity index (χ2n) is 13.4. The van der Waals surface area contributed by atoms with E-state index in [0.717, 1.165) is 39.3 Å². The monoisotopic (exact) mass is 700 g/mol. The van der Waals surface area contributed by atoms with Crippen molar-refractivity contribution < 1.29 is 8.42 Å². The molecule has 53 heavy (non-hydrogen) atoms. The number of benzene rings is 8. The Hall–Kier alpha value is -6.69. The highest BCUT2D eigenvalue weighted by Crippen LogP contribution is 2.40. The van der Waals surface area contributed by atoms with Crippen LogP contribution in [0.2, 0.25) is 0 Å². The van der Waals surface area contributed by atoms with Gasteiger partial charge in [0.1, 0.15) is 0 Å². The minimum absolute atomic E-state index is 0.268. The summed E-state index contributed by atoms with van der Waals surface area (Å²) in [4.78, 5) is 2.76. The predicted octanol–water partition coefficient (Wildman–Crippen LogP) is 12.5. The smallest absolute Gasteiger partial charge is 0.206 e. The number of rotatable bonds is 7. The van der Waals surface area contributed by atoms with E-state index in [1.54, 1.807) is 24.3 Å². The molecule has 10 rings (SSSR count). The average Bonchev–Trinajstić information content (AvgIpc) is 3.74. The predicted molar refractivity (Wildman–Crippen MR) is 219 cm³/mol. The molecule has 10 aromatic rings. The third-order valence-corrected chi connectivity index (χ3v) is 12.2. The summed E-state index contributed by atoms with van der Waals surface area (Å²) < 4.78 is 29.9. The van der Waals surface area contributed by atoms with Crippen LogP contribution < -0.4 is 4.90 Å². The van der Waals surface area contributed by atoms with Crippen LogP contribution in [0.5, 0.6) is 0 Å². The van der Waals surface area contributed by atoms with Crippen LogP contribution in [0.25, 0.3) is 60.3 Å². The lowest BCUT2D eigenvalue weighted by Crippen LogP contribution is -2.09. The summed E-state index contributed by atoms with van der Waals surface area (Å²) in [5, 5.41) is 4.92. The van der Waals surface area contributed by atoms with E-state index < -0.39 is 9.84 Å². The normalized spacial score (nSPS) is 11.9. The minimum atomic E-state index is -3.71. The zero-order valence-electron chi connectivity index (χ0n) is 28.6. The van der Waals surface area contributed by atoms with Gasteiger partial charge in [-0.15, -0.1) is 0 Å². The first-order valence-electron chi connectivity index (χ1n) is 17.7. The number of sulfone groups is 1. The maximum absolute atomic E-state index is 13.8. The van der Waals surface area contributed by atoms with Gasteiger partial charge < -0.3 is 9.30 Å². The number of para-hydroxylation sites is 4. The van der Waals surface area contributed by atoms with Crippen molar-refractivity contribution >= 4 is 65.0 Å². The van der Waals surface area contributed by atoms with Gasteiger partial charge in [-0.1, -0.05) is 115 Å². The van der Waals surface area contributed by atoms with Gasteiger partial charge in [0.2, 0.25) is 9.84 Å². The van der Waals surface area contributed by atoms with E-state index in [9.17, 15) is 8.42 Å². The van der Waals surface area contributed by atoms with Crippen LogP contribution in [-0.2, 0) is 9.84 Å². The van der Waals surface area contributed by atoms with Crippen molar-refractivity contribution in [2.24, 2.45) is 0 Å². The van der Waals surface area contributed by atoms with Gasteiger partial charge in [0.05, 0.1) is 26.3 Å². The van der Waals surface area contributed by atoms with Gasteiger partial charge in [0, 0.05) is 38.6 Å². The summed E-state index contributed by atoms with van der Waals surface area (Å²) >= 11 is 0. The van der Waals surface area contributed by atoms with Gasteiger partial charge in [0.25, 0.3) is 0 Å². The highest BCUT2D eigenvalue weighted by molar-refractivity contribution is 7.91. The zero-order chi connectivity index (χ0) is 35.5. The maximum Gasteiger partial charge on any atom is 0.206 e. The minimum Gasteiger partial charge on any atom is -0.311 e. The Morgan fingerprint density at radius 3 is 1.40 bits per heavy atom. The Balaban J connectivity index is 0.917. The molecule has 0 aliphatic carbocycles. The van der Waals surface area contributed by atoms with Crippen LogP contribution in [0, 0.1) is 0 Å². The summed E-state index contributed by atoms with van der Waals surface area (Å²) in [5.41, 5.74) is 10.8. The van der Waals surface area contributed by atoms with Crippen molar-refractivity contribution in [2.45, 2.75) is 9.79 Å². The Kier molecular flexibility index (Phi) is 7.17. The average molecular weight is 701 g/mol. The highest BCUT2D eigenvalue weighted by Gasteiger charge is 2.20. The Bertz CT molecular complexity index is 2990. The molecule has 0 saturated carbocycles. The molecule has 0 radical (unpaired) electrons. The molecule has 5 heteroatoms. The van der Waals surface area contributed by atoms with Gasteiger partial charge in [0.15, 0.2) is 0 Å². The first-order valence-corrected chi connectivity index (χ1v) is 19.2. The van der Waals surface area contributed by atoms with Crippen molar-refractivity contribution in [2.75, 3.05) is 4.90 Å². The topological polar surface area (TPSA) is 41.8 Å². The molecule has 0 aliphatic rings. The molecule has 0 fully saturated rings. The fourth-order valence-electron chi connectivity index (χ4n) is 7.81. The van der Waals surface area contributed by atoms with E-state index in [1.807, 2.05) is 60.7 Å². The van der Waals surface area contributed by atoms with E-state index in [1.165, 1.54) is 38.1 Å². The summed E-state index contributed by atoms with van der Waals surface area (Å²) in [6, 6.07) is 64.9. The first-order chi connectivity index (χ1) is 26.0. The fraction of sp³-hybridized carbons (Fsp3) is 0. The Morgan fingerprint density at radius 2 is 0.792 bits per heavy atom. The van der Waals surface area contributed by atoms with Crippen LogP contribution in [0.3, 0.4) is 0 Å². The fourth-order valence-corrected chi connectivity index (χ4v) is 9.07. The van der Waals surface area contributed by atoms with E-state index in [0.29, 0.717) is 0 Å². The third-order valence-electron chi connectivity index (χ3n) is 10.4. The quantitative estimate of drug-likeness (QED) is 0.166. The lowest BCUT2D eigenvalue weighted by molar-refractivity contribution is 0.596. The zero-order valence-corrected chi connectivity index (χ0v) is 29.4. The molecular weight excluding hydrogens is 669 g/mol. The van der Waals surface area contributed by atoms with Crippen LogP contribution in [0.15, 0.2) is 204 Å². The van der Waals surface area contributed by atoms with E-state index in [2.05, 4.69) is 118 Å². The lowest BCUT2D eigenvalue weighted by atomic mass is 10.0. The number of hydrogen-bond donors (Lipinski definition) is 0. The number of aromatic nitrogens is 1. The molecule has 0 N–H and O–H groups in total. The number of fused-ring (bicyclic) bond motifs is 6. The van der Waals surface area contributed by atoms with Gasteiger partial charge in [-0.2, -0.15) is 0 Å². The van der Waals surface area contributed by atoms with Crippen LogP contribution in [0.4, 0.5) is 17.1 Å². The molecule has 0 unspecified atom stereocenters. The Morgan fingerprint density at radius 1 is 0.358 bits per heavy atom. The second-order valence-corrected chi connectivity index (χ2v) is 15.3. The molecule has 2 heterocycles. The molecule has 0 bridgehead atoms. The first kappa shape index (κ1) is 31.1. The van der Waals surface area contributed by atoms with Gasteiger partial charge in [-0.25, -0.2) is 8.42 Å². The van der Waals surface area contributed by atoms with Crippen molar-refractivity contribution in [3.63, 3.8) is 0 Å². The van der Waals surface area contributed by atoms with E-state index >= 15 is 0 Å².